The fraction of sp³-hybridized carbons (Fsp3) is 0.278. The van der Waals surface area contributed by atoms with Gasteiger partial charge < -0.3 is 9.64 Å². The molecule has 2 aromatic carbocycles. The Balaban J connectivity index is 1.69. The molecule has 1 aliphatic rings. The number of benzene rings is 2. The highest BCUT2D eigenvalue weighted by Crippen LogP contribution is 2.27. The van der Waals surface area contributed by atoms with Gasteiger partial charge in [0.05, 0.1) is 10.1 Å². The Hall–Kier alpha value is -2.26. The van der Waals surface area contributed by atoms with Crippen molar-refractivity contribution in [2.75, 3.05) is 13.1 Å². The Morgan fingerprint density at radius 1 is 1.07 bits per heavy atom. The van der Waals surface area contributed by atoms with E-state index in [1.165, 1.54) is 41.3 Å². The van der Waals surface area contributed by atoms with E-state index in [0.717, 1.165) is 12.1 Å². The highest BCUT2D eigenvalue weighted by Gasteiger charge is 2.36. The molecule has 1 atom stereocenters. The Morgan fingerprint density at radius 3 is 2.25 bits per heavy atom. The van der Waals surface area contributed by atoms with Crippen LogP contribution in [-0.4, -0.2) is 43.9 Å². The van der Waals surface area contributed by atoms with Gasteiger partial charge in [-0.25, -0.2) is 8.42 Å². The fourth-order valence-electron chi connectivity index (χ4n) is 2.96. The van der Waals surface area contributed by atoms with Gasteiger partial charge in [-0.3, -0.25) is 4.79 Å². The number of carbonyl (C=O) groups excluding carboxylic acids is 1. The van der Waals surface area contributed by atoms with Crippen LogP contribution in [0.4, 0.5) is 13.2 Å². The summed E-state index contributed by atoms with van der Waals surface area (Å²) in [5.74, 6) is -0.888. The molecule has 1 saturated heterocycles. The van der Waals surface area contributed by atoms with Gasteiger partial charge >= 0.3 is 6.36 Å². The molecule has 0 aliphatic carbocycles. The third-order valence-corrected chi connectivity index (χ3v) is 6.79. The molecule has 5 nitrogen and oxygen atoms in total. The standard InChI is InChI=1S/C18H15ClF3NO4S/c19-13-3-7-15(8-4-13)28(25,26)16-9-10-23(11-16)17(24)12-1-5-14(6-2-12)27-18(20,21)22/h1-8,16H,9-11H2/t16-/m1/s1. The van der Waals surface area contributed by atoms with Crippen molar-refractivity contribution in [1.82, 2.24) is 4.90 Å². The molecule has 0 saturated carbocycles. The van der Waals surface area contributed by atoms with Gasteiger partial charge in [-0.15, -0.1) is 13.2 Å². The Labute approximate surface area is 164 Å². The van der Waals surface area contributed by atoms with E-state index >= 15 is 0 Å². The smallest absolute Gasteiger partial charge is 0.406 e. The van der Waals surface area contributed by atoms with Gasteiger partial charge in [-0.05, 0) is 55.0 Å². The number of rotatable bonds is 4. The van der Waals surface area contributed by atoms with Crippen molar-refractivity contribution in [3.05, 3.63) is 59.1 Å². The van der Waals surface area contributed by atoms with Crippen molar-refractivity contribution in [2.45, 2.75) is 22.9 Å². The molecule has 150 valence electrons. The summed E-state index contributed by atoms with van der Waals surface area (Å²) in [5, 5.41) is -0.342. The van der Waals surface area contributed by atoms with E-state index in [2.05, 4.69) is 4.74 Å². The molecule has 28 heavy (non-hydrogen) atoms. The van der Waals surface area contributed by atoms with E-state index < -0.39 is 33.1 Å². The molecule has 0 N–H and O–H groups in total. The highest BCUT2D eigenvalue weighted by atomic mass is 35.5. The number of alkyl halides is 3. The summed E-state index contributed by atoms with van der Waals surface area (Å²) in [7, 11) is -3.63. The average Bonchev–Trinajstić information content (AvgIpc) is 3.12. The SMILES string of the molecule is O=C(c1ccc(OC(F)(F)F)cc1)N1CC[C@@H](S(=O)(=O)c2ccc(Cl)cc2)C1. The number of likely N-dealkylation sites (tertiary alicyclic amines) is 1. The predicted molar refractivity (Wildman–Crippen MR) is 96.1 cm³/mol. The summed E-state index contributed by atoms with van der Waals surface area (Å²) in [6.07, 6.45) is -4.55. The van der Waals surface area contributed by atoms with Crippen LogP contribution in [-0.2, 0) is 9.84 Å². The number of ether oxygens (including phenoxy) is 1. The van der Waals surface area contributed by atoms with Crippen LogP contribution < -0.4 is 4.74 Å². The van der Waals surface area contributed by atoms with Gasteiger partial charge in [0.15, 0.2) is 9.84 Å². The van der Waals surface area contributed by atoms with Crippen LogP contribution in [0.3, 0.4) is 0 Å². The molecule has 0 radical (unpaired) electrons. The summed E-state index contributed by atoms with van der Waals surface area (Å²) in [6.45, 7) is 0.238. The predicted octanol–water partition coefficient (Wildman–Crippen LogP) is 3.93. The van der Waals surface area contributed by atoms with Crippen molar-refractivity contribution in [1.29, 1.82) is 0 Å². The van der Waals surface area contributed by atoms with Gasteiger partial charge in [-0.1, -0.05) is 11.6 Å². The molecular weight excluding hydrogens is 419 g/mol. The minimum atomic E-state index is -4.82. The van der Waals surface area contributed by atoms with Gasteiger partial charge in [0.25, 0.3) is 5.91 Å². The van der Waals surface area contributed by atoms with E-state index in [1.54, 1.807) is 0 Å². The number of carbonyl (C=O) groups is 1. The summed E-state index contributed by atoms with van der Waals surface area (Å²) in [5.41, 5.74) is 0.152. The maximum absolute atomic E-state index is 12.7. The van der Waals surface area contributed by atoms with E-state index in [0.29, 0.717) is 5.02 Å². The van der Waals surface area contributed by atoms with Crippen LogP contribution in [0.15, 0.2) is 53.4 Å². The zero-order valence-electron chi connectivity index (χ0n) is 14.3. The number of halogens is 4. The number of nitrogens with zero attached hydrogens (tertiary/aromatic N) is 1. The topological polar surface area (TPSA) is 63.7 Å². The molecule has 1 aliphatic heterocycles. The molecule has 2 aromatic rings. The lowest BCUT2D eigenvalue weighted by Crippen LogP contribution is -2.32. The molecule has 0 unspecified atom stereocenters. The Kier molecular flexibility index (Phi) is 5.58. The summed E-state index contributed by atoms with van der Waals surface area (Å²) in [6, 6.07) is 10.3. The normalized spacial score (nSPS) is 17.6. The third-order valence-electron chi connectivity index (χ3n) is 4.35. The average molecular weight is 434 g/mol. The minimum Gasteiger partial charge on any atom is -0.406 e. The second kappa shape index (κ2) is 7.63. The molecule has 1 heterocycles. The van der Waals surface area contributed by atoms with Crippen molar-refractivity contribution in [3.8, 4) is 5.75 Å². The zero-order valence-corrected chi connectivity index (χ0v) is 15.9. The summed E-state index contributed by atoms with van der Waals surface area (Å²) < 4.78 is 65.8. The first kappa shape index (κ1) is 20.5. The molecule has 0 spiro atoms. The lowest BCUT2D eigenvalue weighted by molar-refractivity contribution is -0.274. The van der Waals surface area contributed by atoms with Crippen LogP contribution >= 0.6 is 11.6 Å². The molecule has 3 rings (SSSR count). The maximum Gasteiger partial charge on any atom is 0.573 e. The van der Waals surface area contributed by atoms with Crippen LogP contribution in [0.25, 0.3) is 0 Å². The van der Waals surface area contributed by atoms with Crippen LogP contribution in [0.1, 0.15) is 16.8 Å². The zero-order chi connectivity index (χ0) is 20.5. The first-order valence-electron chi connectivity index (χ1n) is 8.21. The van der Waals surface area contributed by atoms with Gasteiger partial charge in [-0.2, -0.15) is 0 Å². The lowest BCUT2D eigenvalue weighted by atomic mass is 10.2. The second-order valence-electron chi connectivity index (χ2n) is 6.23. The summed E-state index contributed by atoms with van der Waals surface area (Å²) >= 11 is 5.78. The largest absolute Gasteiger partial charge is 0.573 e. The summed E-state index contributed by atoms with van der Waals surface area (Å²) in [4.78, 5) is 14.1. The number of sulfone groups is 1. The van der Waals surface area contributed by atoms with E-state index in [4.69, 9.17) is 11.6 Å². The van der Waals surface area contributed by atoms with Crippen molar-refractivity contribution < 1.29 is 31.1 Å². The molecule has 1 amide bonds. The van der Waals surface area contributed by atoms with Crippen LogP contribution in [0.5, 0.6) is 5.75 Å². The number of hydrogen-bond donors (Lipinski definition) is 0. The van der Waals surface area contributed by atoms with Crippen molar-refractivity contribution in [3.63, 3.8) is 0 Å². The minimum absolute atomic E-state index is 0.00456. The van der Waals surface area contributed by atoms with E-state index in [-0.39, 0.29) is 30.0 Å². The third kappa shape index (κ3) is 4.59. The Morgan fingerprint density at radius 2 is 1.68 bits per heavy atom. The van der Waals surface area contributed by atoms with E-state index in [1.807, 2.05) is 0 Å². The first-order chi connectivity index (χ1) is 13.1. The first-order valence-corrected chi connectivity index (χ1v) is 10.1. The van der Waals surface area contributed by atoms with Crippen LogP contribution in [0.2, 0.25) is 5.02 Å². The van der Waals surface area contributed by atoms with Crippen molar-refractivity contribution >= 4 is 27.3 Å². The lowest BCUT2D eigenvalue weighted by Gasteiger charge is -2.17. The number of amides is 1. The van der Waals surface area contributed by atoms with E-state index in [9.17, 15) is 26.4 Å². The fourth-order valence-corrected chi connectivity index (χ4v) is 4.78. The monoisotopic (exact) mass is 433 g/mol. The Bertz CT molecular complexity index is 960. The van der Waals surface area contributed by atoms with Gasteiger partial charge in [0.1, 0.15) is 5.75 Å². The number of hydrogen-bond acceptors (Lipinski definition) is 4. The van der Waals surface area contributed by atoms with Crippen molar-refractivity contribution in [2.24, 2.45) is 0 Å². The van der Waals surface area contributed by atoms with Gasteiger partial charge in [0.2, 0.25) is 0 Å². The van der Waals surface area contributed by atoms with Crippen LogP contribution in [0, 0.1) is 0 Å². The van der Waals surface area contributed by atoms with Gasteiger partial charge in [0, 0.05) is 23.7 Å². The quantitative estimate of drug-likeness (QED) is 0.733. The molecule has 1 fully saturated rings. The molecular formula is C18H15ClF3NO4S. The molecule has 10 heteroatoms. The second-order valence-corrected chi connectivity index (χ2v) is 8.90. The molecule has 0 aromatic heterocycles. The maximum atomic E-state index is 12.7. The molecule has 0 bridgehead atoms. The highest BCUT2D eigenvalue weighted by molar-refractivity contribution is 7.92.